The highest BCUT2D eigenvalue weighted by molar-refractivity contribution is 6.03. The van der Waals surface area contributed by atoms with Gasteiger partial charge in [-0.3, -0.25) is 9.59 Å². The Kier molecular flexibility index (Phi) is 2.81. The van der Waals surface area contributed by atoms with Gasteiger partial charge in [-0.2, -0.15) is 0 Å². The van der Waals surface area contributed by atoms with Crippen LogP contribution in [0.5, 0.6) is 0 Å². The molecule has 0 bridgehead atoms. The first-order valence-corrected chi connectivity index (χ1v) is 5.92. The fourth-order valence-corrected chi connectivity index (χ4v) is 2.81. The minimum atomic E-state index is -1.01. The topological polar surface area (TPSA) is 54.4 Å². The molecule has 3 nitrogen and oxygen atoms in total. The average molecular weight is 210 g/mol. The third kappa shape index (κ3) is 1.80. The molecule has 0 radical (unpaired) electrons. The van der Waals surface area contributed by atoms with Crippen molar-refractivity contribution in [2.24, 2.45) is 11.3 Å². The molecule has 2 rings (SSSR count). The third-order valence-corrected chi connectivity index (χ3v) is 4.06. The van der Waals surface area contributed by atoms with Gasteiger partial charge < -0.3 is 5.11 Å². The maximum absolute atomic E-state index is 11.9. The molecule has 0 aromatic rings. The molecule has 0 spiro atoms. The molecule has 84 valence electrons. The summed E-state index contributed by atoms with van der Waals surface area (Å²) in [6.45, 7) is 0. The Morgan fingerprint density at radius 3 is 2.53 bits per heavy atom. The van der Waals surface area contributed by atoms with Crippen LogP contribution in [-0.4, -0.2) is 16.9 Å². The van der Waals surface area contributed by atoms with E-state index in [1.165, 1.54) is 6.42 Å². The van der Waals surface area contributed by atoms with Gasteiger partial charge in [-0.15, -0.1) is 0 Å². The van der Waals surface area contributed by atoms with Crippen molar-refractivity contribution in [2.75, 3.05) is 0 Å². The molecule has 2 aliphatic carbocycles. The van der Waals surface area contributed by atoms with Crippen molar-refractivity contribution >= 4 is 11.8 Å². The van der Waals surface area contributed by atoms with Gasteiger partial charge in [0.05, 0.1) is 0 Å². The minimum absolute atomic E-state index is 0.0202. The molecular formula is C12H18O3. The Labute approximate surface area is 89.9 Å². The van der Waals surface area contributed by atoms with Crippen LogP contribution in [0.4, 0.5) is 0 Å². The lowest BCUT2D eigenvalue weighted by Crippen LogP contribution is -2.44. The lowest BCUT2D eigenvalue weighted by atomic mass is 9.64. The second-order valence-corrected chi connectivity index (χ2v) is 5.02. The number of hydrogen-bond donors (Lipinski definition) is 1. The second kappa shape index (κ2) is 3.95. The molecule has 0 amide bonds. The van der Waals surface area contributed by atoms with Crippen molar-refractivity contribution in [2.45, 2.75) is 51.4 Å². The molecular weight excluding hydrogens is 192 g/mol. The highest BCUT2D eigenvalue weighted by Crippen LogP contribution is 2.44. The lowest BCUT2D eigenvalue weighted by Gasteiger charge is -2.37. The van der Waals surface area contributed by atoms with E-state index in [1.54, 1.807) is 0 Å². The van der Waals surface area contributed by atoms with Gasteiger partial charge in [-0.1, -0.05) is 25.7 Å². The van der Waals surface area contributed by atoms with Crippen LogP contribution in [-0.2, 0) is 9.59 Å². The van der Waals surface area contributed by atoms with Crippen molar-refractivity contribution in [3.05, 3.63) is 0 Å². The maximum atomic E-state index is 11.9. The summed E-state index contributed by atoms with van der Waals surface area (Å²) in [5.74, 6) is -0.407. The molecule has 3 heteroatoms. The van der Waals surface area contributed by atoms with E-state index in [0.29, 0.717) is 25.2 Å². The van der Waals surface area contributed by atoms with E-state index < -0.39 is 11.4 Å². The number of Topliss-reactive ketones (excluding diaryl/α,β-unsaturated/α-hetero) is 1. The van der Waals surface area contributed by atoms with Crippen LogP contribution >= 0.6 is 0 Å². The van der Waals surface area contributed by atoms with E-state index in [9.17, 15) is 14.7 Å². The van der Waals surface area contributed by atoms with Gasteiger partial charge in [0.25, 0.3) is 0 Å². The summed E-state index contributed by atoms with van der Waals surface area (Å²) >= 11 is 0. The predicted molar refractivity (Wildman–Crippen MR) is 55.5 cm³/mol. The van der Waals surface area contributed by atoms with Gasteiger partial charge in [0.1, 0.15) is 11.2 Å². The van der Waals surface area contributed by atoms with Gasteiger partial charge in [0.15, 0.2) is 0 Å². The van der Waals surface area contributed by atoms with E-state index in [1.807, 2.05) is 0 Å². The Hall–Kier alpha value is -0.860. The molecule has 1 atom stereocenters. The molecule has 15 heavy (non-hydrogen) atoms. The van der Waals surface area contributed by atoms with Crippen LogP contribution in [0.15, 0.2) is 0 Å². The monoisotopic (exact) mass is 210 g/mol. The van der Waals surface area contributed by atoms with Crippen LogP contribution < -0.4 is 0 Å². The van der Waals surface area contributed by atoms with Gasteiger partial charge in [-0.25, -0.2) is 0 Å². The maximum Gasteiger partial charge on any atom is 0.317 e. The van der Waals surface area contributed by atoms with Crippen LogP contribution in [0.25, 0.3) is 0 Å². The largest absolute Gasteiger partial charge is 0.480 e. The Bertz CT molecular complexity index is 281. The van der Waals surface area contributed by atoms with E-state index in [-0.39, 0.29) is 5.78 Å². The molecule has 0 aliphatic heterocycles. The first kappa shape index (κ1) is 10.7. The van der Waals surface area contributed by atoms with Crippen molar-refractivity contribution in [3.8, 4) is 0 Å². The fraction of sp³-hybridized carbons (Fsp3) is 0.833. The summed E-state index contributed by atoms with van der Waals surface area (Å²) in [7, 11) is 0. The summed E-state index contributed by atoms with van der Waals surface area (Å²) in [5.41, 5.74) is -1.01. The number of carboxylic acid groups (broad SMARTS) is 1. The lowest BCUT2D eigenvalue weighted by molar-refractivity contribution is -0.159. The highest BCUT2D eigenvalue weighted by atomic mass is 16.4. The molecule has 0 aromatic heterocycles. The minimum Gasteiger partial charge on any atom is -0.480 e. The number of hydrogen-bond acceptors (Lipinski definition) is 2. The molecule has 2 fully saturated rings. The highest BCUT2D eigenvalue weighted by Gasteiger charge is 2.48. The number of carbonyl (C=O) groups excluding carboxylic acids is 1. The summed E-state index contributed by atoms with van der Waals surface area (Å²) in [6, 6.07) is 0. The third-order valence-electron chi connectivity index (χ3n) is 4.06. The fourth-order valence-electron chi connectivity index (χ4n) is 2.81. The second-order valence-electron chi connectivity index (χ2n) is 5.02. The van der Waals surface area contributed by atoms with Crippen molar-refractivity contribution in [3.63, 3.8) is 0 Å². The number of carbonyl (C=O) groups is 2. The molecule has 2 aliphatic rings. The quantitative estimate of drug-likeness (QED) is 0.728. The van der Waals surface area contributed by atoms with Crippen molar-refractivity contribution in [1.82, 2.24) is 0 Å². The van der Waals surface area contributed by atoms with Crippen LogP contribution in [0.3, 0.4) is 0 Å². The number of ketones is 1. The van der Waals surface area contributed by atoms with Crippen molar-refractivity contribution < 1.29 is 14.7 Å². The summed E-state index contributed by atoms with van der Waals surface area (Å²) in [4.78, 5) is 23.2. The summed E-state index contributed by atoms with van der Waals surface area (Å²) < 4.78 is 0. The first-order chi connectivity index (χ1) is 7.15. The van der Waals surface area contributed by atoms with Crippen LogP contribution in [0.1, 0.15) is 51.4 Å². The Morgan fingerprint density at radius 2 is 2.07 bits per heavy atom. The molecule has 0 saturated heterocycles. The predicted octanol–water partition coefficient (Wildman–Crippen LogP) is 2.39. The molecule has 2 saturated carbocycles. The van der Waals surface area contributed by atoms with E-state index >= 15 is 0 Å². The average Bonchev–Trinajstić information content (AvgIpc) is 2.14. The van der Waals surface area contributed by atoms with Gasteiger partial charge in [-0.05, 0) is 25.2 Å². The summed E-state index contributed by atoms with van der Waals surface area (Å²) in [5, 5.41) is 9.31. The number of carboxylic acids is 1. The van der Waals surface area contributed by atoms with Crippen LogP contribution in [0, 0.1) is 11.3 Å². The molecule has 0 heterocycles. The zero-order chi connectivity index (χ0) is 10.9. The van der Waals surface area contributed by atoms with Gasteiger partial charge >= 0.3 is 5.97 Å². The zero-order valence-electron chi connectivity index (χ0n) is 9.00. The Morgan fingerprint density at radius 1 is 1.33 bits per heavy atom. The van der Waals surface area contributed by atoms with Crippen molar-refractivity contribution in [1.29, 1.82) is 0 Å². The molecule has 1 N–H and O–H groups in total. The zero-order valence-corrected chi connectivity index (χ0v) is 9.00. The van der Waals surface area contributed by atoms with E-state index in [2.05, 4.69) is 0 Å². The van der Waals surface area contributed by atoms with E-state index in [4.69, 9.17) is 0 Å². The molecule has 1 unspecified atom stereocenters. The molecule has 0 aromatic carbocycles. The SMILES string of the molecule is O=C(O)C1(CC2CCC2)CCCCC1=O. The first-order valence-electron chi connectivity index (χ1n) is 5.92. The number of rotatable bonds is 3. The van der Waals surface area contributed by atoms with E-state index in [0.717, 1.165) is 25.7 Å². The van der Waals surface area contributed by atoms with Gasteiger partial charge in [0.2, 0.25) is 0 Å². The Balaban J connectivity index is 2.13. The summed E-state index contributed by atoms with van der Waals surface area (Å²) in [6.07, 6.45) is 6.83. The van der Waals surface area contributed by atoms with Gasteiger partial charge in [0, 0.05) is 6.42 Å². The van der Waals surface area contributed by atoms with Crippen LogP contribution in [0.2, 0.25) is 0 Å². The normalized spacial score (nSPS) is 32.4. The standard InChI is InChI=1S/C12H18O3/c13-10-6-1-2-7-12(10,11(14)15)8-9-4-3-5-9/h9H,1-8H2,(H,14,15). The number of aliphatic carboxylic acids is 1. The smallest absolute Gasteiger partial charge is 0.317 e.